The lowest BCUT2D eigenvalue weighted by Crippen LogP contribution is -2.15. The van der Waals surface area contributed by atoms with E-state index in [0.717, 1.165) is 13.0 Å². The van der Waals surface area contributed by atoms with E-state index >= 15 is 0 Å². The van der Waals surface area contributed by atoms with Crippen molar-refractivity contribution in [1.29, 1.82) is 0 Å². The van der Waals surface area contributed by atoms with Crippen LogP contribution in [0.1, 0.15) is 24.9 Å². The number of fused-ring (bicyclic) bond motifs is 3. The molecule has 0 saturated carbocycles. The van der Waals surface area contributed by atoms with Crippen LogP contribution in [0.25, 0.3) is 21.8 Å². The van der Waals surface area contributed by atoms with Crippen LogP contribution in [0.4, 0.5) is 0 Å². The number of aryl methyl sites for hydroxylation is 1. The van der Waals surface area contributed by atoms with Gasteiger partial charge >= 0.3 is 0 Å². The van der Waals surface area contributed by atoms with Crippen molar-refractivity contribution in [2.24, 2.45) is 11.5 Å². The molecule has 0 amide bonds. The average molecular weight is 304 g/mol. The van der Waals surface area contributed by atoms with Gasteiger partial charge in [0.1, 0.15) is 0 Å². The van der Waals surface area contributed by atoms with Crippen LogP contribution in [0, 0.1) is 0 Å². The second-order valence-electron chi connectivity index (χ2n) is 5.22. The number of benzene rings is 2. The van der Waals surface area contributed by atoms with E-state index in [-0.39, 0.29) is 18.4 Å². The Hall–Kier alpha value is -1.55. The number of aromatic nitrogens is 1. The van der Waals surface area contributed by atoms with Gasteiger partial charge in [-0.05, 0) is 43.7 Å². The first-order valence-electron chi connectivity index (χ1n) is 7.22. The molecule has 0 fully saturated rings. The zero-order valence-corrected chi connectivity index (χ0v) is 13.1. The zero-order chi connectivity index (χ0) is 14.1. The highest BCUT2D eigenvalue weighted by Gasteiger charge is 2.12. The highest BCUT2D eigenvalue weighted by Crippen LogP contribution is 2.31. The molecule has 3 aromatic rings. The first-order valence-corrected chi connectivity index (χ1v) is 7.22. The first kappa shape index (κ1) is 15.8. The third kappa shape index (κ3) is 2.64. The summed E-state index contributed by atoms with van der Waals surface area (Å²) in [5.41, 5.74) is 15.5. The van der Waals surface area contributed by atoms with Crippen LogP contribution >= 0.6 is 12.4 Å². The highest BCUT2D eigenvalue weighted by molar-refractivity contribution is 6.08. The van der Waals surface area contributed by atoms with Gasteiger partial charge in [0.25, 0.3) is 0 Å². The second kappa shape index (κ2) is 6.48. The van der Waals surface area contributed by atoms with Crippen molar-refractivity contribution in [2.75, 3.05) is 6.54 Å². The van der Waals surface area contributed by atoms with Crippen LogP contribution in [0.2, 0.25) is 0 Å². The van der Waals surface area contributed by atoms with E-state index in [1.165, 1.54) is 27.4 Å². The molecule has 0 aliphatic rings. The number of rotatable bonds is 4. The normalized spacial score (nSPS) is 12.5. The molecule has 0 saturated heterocycles. The summed E-state index contributed by atoms with van der Waals surface area (Å²) in [4.78, 5) is 0. The number of nitrogens with zero attached hydrogens (tertiary/aromatic N) is 1. The van der Waals surface area contributed by atoms with Gasteiger partial charge in [-0.3, -0.25) is 0 Å². The lowest BCUT2D eigenvalue weighted by atomic mass is 10.0. The SMILES string of the molecule is CCn1c2ccccc2c2cc([C@@H](N)CCN)ccc21.Cl. The summed E-state index contributed by atoms with van der Waals surface area (Å²) in [6, 6.07) is 15.1. The Balaban J connectivity index is 0.00000161. The van der Waals surface area contributed by atoms with E-state index in [9.17, 15) is 0 Å². The van der Waals surface area contributed by atoms with Crippen molar-refractivity contribution >= 4 is 34.2 Å². The van der Waals surface area contributed by atoms with Crippen LogP contribution in [-0.4, -0.2) is 11.1 Å². The number of para-hydroxylation sites is 1. The van der Waals surface area contributed by atoms with E-state index < -0.39 is 0 Å². The predicted molar refractivity (Wildman–Crippen MR) is 93.0 cm³/mol. The average Bonchev–Trinajstić information content (AvgIpc) is 2.80. The molecule has 112 valence electrons. The lowest BCUT2D eigenvalue weighted by molar-refractivity contribution is 0.662. The topological polar surface area (TPSA) is 57.0 Å². The third-order valence-electron chi connectivity index (χ3n) is 4.02. The Morgan fingerprint density at radius 3 is 2.48 bits per heavy atom. The standard InChI is InChI=1S/C17H21N3.ClH/c1-2-20-16-6-4-3-5-13(16)14-11-12(7-8-17(14)20)15(19)9-10-18;/h3-8,11,15H,2,9-10,18-19H2,1H3;1H/t15-;/m0./s1. The maximum absolute atomic E-state index is 6.19. The minimum absolute atomic E-state index is 0. The fourth-order valence-corrected chi connectivity index (χ4v) is 2.99. The van der Waals surface area contributed by atoms with Crippen molar-refractivity contribution in [3.05, 3.63) is 48.0 Å². The number of hydrogen-bond acceptors (Lipinski definition) is 2. The minimum Gasteiger partial charge on any atom is -0.341 e. The Morgan fingerprint density at radius 1 is 1.05 bits per heavy atom. The quantitative estimate of drug-likeness (QED) is 0.774. The van der Waals surface area contributed by atoms with Crippen LogP contribution in [0.15, 0.2) is 42.5 Å². The summed E-state index contributed by atoms with van der Waals surface area (Å²) >= 11 is 0. The largest absolute Gasteiger partial charge is 0.341 e. The molecule has 3 nitrogen and oxygen atoms in total. The molecular weight excluding hydrogens is 282 g/mol. The van der Waals surface area contributed by atoms with E-state index in [0.29, 0.717) is 6.54 Å². The summed E-state index contributed by atoms with van der Waals surface area (Å²) in [6.07, 6.45) is 0.817. The van der Waals surface area contributed by atoms with E-state index in [1.54, 1.807) is 0 Å². The van der Waals surface area contributed by atoms with Crippen molar-refractivity contribution < 1.29 is 0 Å². The van der Waals surface area contributed by atoms with E-state index in [2.05, 4.69) is 54.0 Å². The van der Waals surface area contributed by atoms with Crippen LogP contribution in [0.3, 0.4) is 0 Å². The minimum atomic E-state index is 0. The molecule has 1 atom stereocenters. The molecule has 0 aliphatic heterocycles. The first-order chi connectivity index (χ1) is 9.76. The molecule has 3 rings (SSSR count). The van der Waals surface area contributed by atoms with Gasteiger partial charge in [-0.1, -0.05) is 24.3 Å². The summed E-state index contributed by atoms with van der Waals surface area (Å²) in [5, 5.41) is 2.58. The number of nitrogens with two attached hydrogens (primary N) is 2. The van der Waals surface area contributed by atoms with Crippen LogP contribution in [0.5, 0.6) is 0 Å². The molecule has 2 aromatic carbocycles. The smallest absolute Gasteiger partial charge is 0.0491 e. The summed E-state index contributed by atoms with van der Waals surface area (Å²) in [5.74, 6) is 0. The maximum Gasteiger partial charge on any atom is 0.0491 e. The third-order valence-corrected chi connectivity index (χ3v) is 4.02. The molecule has 0 spiro atoms. The fourth-order valence-electron chi connectivity index (χ4n) is 2.99. The number of halogens is 1. The van der Waals surface area contributed by atoms with Gasteiger partial charge in [0.2, 0.25) is 0 Å². The Bertz CT molecular complexity index is 748. The Kier molecular flexibility index (Phi) is 4.88. The van der Waals surface area contributed by atoms with Gasteiger partial charge in [-0.15, -0.1) is 12.4 Å². The van der Waals surface area contributed by atoms with Gasteiger partial charge in [-0.2, -0.15) is 0 Å². The van der Waals surface area contributed by atoms with Gasteiger partial charge in [0.15, 0.2) is 0 Å². The predicted octanol–water partition coefficient (Wildman–Crippen LogP) is 3.58. The van der Waals surface area contributed by atoms with E-state index in [1.807, 2.05) is 0 Å². The summed E-state index contributed by atoms with van der Waals surface area (Å²) < 4.78 is 2.35. The van der Waals surface area contributed by atoms with E-state index in [4.69, 9.17) is 11.5 Å². The van der Waals surface area contributed by atoms with Gasteiger partial charge in [-0.25, -0.2) is 0 Å². The monoisotopic (exact) mass is 303 g/mol. The second-order valence-corrected chi connectivity index (χ2v) is 5.22. The lowest BCUT2D eigenvalue weighted by Gasteiger charge is -2.11. The highest BCUT2D eigenvalue weighted by atomic mass is 35.5. The molecule has 1 heterocycles. The van der Waals surface area contributed by atoms with Crippen molar-refractivity contribution in [1.82, 2.24) is 4.57 Å². The molecule has 4 N–H and O–H groups in total. The van der Waals surface area contributed by atoms with Crippen LogP contribution in [-0.2, 0) is 6.54 Å². The maximum atomic E-state index is 6.19. The zero-order valence-electron chi connectivity index (χ0n) is 12.3. The number of hydrogen-bond donors (Lipinski definition) is 2. The molecule has 0 bridgehead atoms. The van der Waals surface area contributed by atoms with Gasteiger partial charge < -0.3 is 16.0 Å². The molecule has 21 heavy (non-hydrogen) atoms. The molecule has 4 heteroatoms. The molecule has 0 aliphatic carbocycles. The van der Waals surface area contributed by atoms with Crippen molar-refractivity contribution in [2.45, 2.75) is 25.9 Å². The van der Waals surface area contributed by atoms with Gasteiger partial charge in [0.05, 0.1) is 0 Å². The Morgan fingerprint density at radius 2 is 1.76 bits per heavy atom. The fraction of sp³-hybridized carbons (Fsp3) is 0.294. The summed E-state index contributed by atoms with van der Waals surface area (Å²) in [7, 11) is 0. The van der Waals surface area contributed by atoms with Crippen LogP contribution < -0.4 is 11.5 Å². The van der Waals surface area contributed by atoms with Gasteiger partial charge in [0, 0.05) is 34.4 Å². The molecule has 0 radical (unpaired) electrons. The Labute approximate surface area is 131 Å². The molecular formula is C17H22ClN3. The van der Waals surface area contributed by atoms with Crippen molar-refractivity contribution in [3.8, 4) is 0 Å². The molecule has 1 aromatic heterocycles. The van der Waals surface area contributed by atoms with Crippen molar-refractivity contribution in [3.63, 3.8) is 0 Å². The summed E-state index contributed by atoms with van der Waals surface area (Å²) in [6.45, 7) is 3.77. The molecule has 0 unspecified atom stereocenters.